The Balaban J connectivity index is 1.98. The van der Waals surface area contributed by atoms with Crippen molar-refractivity contribution in [2.75, 3.05) is 7.11 Å². The van der Waals surface area contributed by atoms with Crippen molar-refractivity contribution in [2.24, 2.45) is 0 Å². The Bertz CT molecular complexity index is 641. The molecule has 1 N–H and O–H groups in total. The molecule has 1 aliphatic heterocycles. The topological polar surface area (TPSA) is 64.1 Å². The summed E-state index contributed by atoms with van der Waals surface area (Å²) in [5.74, 6) is 0.251. The molecule has 0 unspecified atom stereocenters. The minimum Gasteiger partial charge on any atom is -0.464 e. The highest BCUT2D eigenvalue weighted by Gasteiger charge is 2.23. The molecule has 0 atom stereocenters. The van der Waals surface area contributed by atoms with Crippen LogP contribution in [0.5, 0.6) is 0 Å². The van der Waals surface area contributed by atoms with Crippen LogP contribution in [0.4, 0.5) is 0 Å². The molecule has 2 aromatic rings. The lowest BCUT2D eigenvalue weighted by atomic mass is 10.1. The SMILES string of the molecule is COC(=O)c1nc(Cc2ccccc2)nc2c1CNC2. The predicted octanol–water partition coefficient (Wildman–Crippen LogP) is 1.46. The molecule has 102 valence electrons. The summed E-state index contributed by atoms with van der Waals surface area (Å²) in [4.78, 5) is 20.8. The molecular formula is C15H15N3O2. The zero-order valence-electron chi connectivity index (χ0n) is 11.2. The maximum absolute atomic E-state index is 11.8. The van der Waals surface area contributed by atoms with Gasteiger partial charge in [0.25, 0.3) is 0 Å². The standard InChI is InChI=1S/C15H15N3O2/c1-20-15(19)14-11-8-16-9-12(11)17-13(18-14)7-10-5-3-2-4-6-10/h2-6,16H,7-9H2,1H3. The van der Waals surface area contributed by atoms with Crippen molar-refractivity contribution in [1.82, 2.24) is 15.3 Å². The smallest absolute Gasteiger partial charge is 0.357 e. The molecule has 1 aromatic heterocycles. The first-order valence-corrected chi connectivity index (χ1v) is 6.49. The average molecular weight is 269 g/mol. The first-order valence-electron chi connectivity index (χ1n) is 6.49. The van der Waals surface area contributed by atoms with Crippen molar-refractivity contribution in [1.29, 1.82) is 0 Å². The van der Waals surface area contributed by atoms with Crippen LogP contribution in [0.1, 0.15) is 33.1 Å². The van der Waals surface area contributed by atoms with Gasteiger partial charge < -0.3 is 10.1 Å². The summed E-state index contributed by atoms with van der Waals surface area (Å²) < 4.78 is 4.81. The van der Waals surface area contributed by atoms with E-state index in [1.807, 2.05) is 30.3 Å². The molecule has 0 amide bonds. The van der Waals surface area contributed by atoms with Crippen LogP contribution in [0.2, 0.25) is 0 Å². The van der Waals surface area contributed by atoms with Gasteiger partial charge in [-0.1, -0.05) is 30.3 Å². The van der Waals surface area contributed by atoms with Crippen LogP contribution < -0.4 is 5.32 Å². The van der Waals surface area contributed by atoms with Crippen LogP contribution in [0.3, 0.4) is 0 Å². The van der Waals surface area contributed by atoms with E-state index in [9.17, 15) is 4.79 Å². The minimum atomic E-state index is -0.401. The summed E-state index contributed by atoms with van der Waals surface area (Å²) in [7, 11) is 1.37. The maximum Gasteiger partial charge on any atom is 0.357 e. The fourth-order valence-electron chi connectivity index (χ4n) is 2.34. The maximum atomic E-state index is 11.8. The van der Waals surface area contributed by atoms with Gasteiger partial charge in [-0.15, -0.1) is 0 Å². The first kappa shape index (κ1) is 12.7. The van der Waals surface area contributed by atoms with Gasteiger partial charge in [0, 0.05) is 25.1 Å². The molecule has 5 nitrogen and oxygen atoms in total. The Hall–Kier alpha value is -2.27. The first-order chi connectivity index (χ1) is 9.78. The number of methoxy groups -OCH3 is 1. The number of carbonyl (C=O) groups excluding carboxylic acids is 1. The summed E-state index contributed by atoms with van der Waals surface area (Å²) in [6, 6.07) is 9.97. The number of benzene rings is 1. The molecule has 0 spiro atoms. The van der Waals surface area contributed by atoms with Gasteiger partial charge in [0.1, 0.15) is 5.82 Å². The van der Waals surface area contributed by atoms with Crippen molar-refractivity contribution >= 4 is 5.97 Å². The normalized spacial score (nSPS) is 13.1. The second-order valence-corrected chi connectivity index (χ2v) is 4.67. The number of aromatic nitrogens is 2. The second kappa shape index (κ2) is 5.38. The van der Waals surface area contributed by atoms with Gasteiger partial charge >= 0.3 is 5.97 Å². The van der Waals surface area contributed by atoms with E-state index in [0.717, 1.165) is 16.8 Å². The highest BCUT2D eigenvalue weighted by molar-refractivity contribution is 5.89. The molecule has 0 saturated carbocycles. The fourth-order valence-corrected chi connectivity index (χ4v) is 2.34. The van der Waals surface area contributed by atoms with Gasteiger partial charge in [0.15, 0.2) is 5.69 Å². The van der Waals surface area contributed by atoms with Gasteiger partial charge in [-0.25, -0.2) is 14.8 Å². The third-order valence-electron chi connectivity index (χ3n) is 3.32. The fraction of sp³-hybridized carbons (Fsp3) is 0.267. The van der Waals surface area contributed by atoms with Crippen LogP contribution in [-0.2, 0) is 24.2 Å². The van der Waals surface area contributed by atoms with Crippen LogP contribution in [0.15, 0.2) is 30.3 Å². The average Bonchev–Trinajstić information content (AvgIpc) is 2.95. The number of carbonyl (C=O) groups is 1. The number of esters is 1. The summed E-state index contributed by atoms with van der Waals surface area (Å²) >= 11 is 0. The zero-order valence-corrected chi connectivity index (χ0v) is 11.2. The third kappa shape index (κ3) is 2.40. The van der Waals surface area contributed by atoms with E-state index in [1.165, 1.54) is 7.11 Å². The quantitative estimate of drug-likeness (QED) is 0.855. The van der Waals surface area contributed by atoms with E-state index >= 15 is 0 Å². The number of hydrogen-bond acceptors (Lipinski definition) is 5. The van der Waals surface area contributed by atoms with Gasteiger partial charge in [-0.3, -0.25) is 0 Å². The molecule has 0 bridgehead atoms. The van der Waals surface area contributed by atoms with E-state index in [4.69, 9.17) is 4.74 Å². The summed E-state index contributed by atoms with van der Waals surface area (Å²) in [5, 5.41) is 3.19. The van der Waals surface area contributed by atoms with Crippen molar-refractivity contribution in [3.63, 3.8) is 0 Å². The van der Waals surface area contributed by atoms with Crippen LogP contribution >= 0.6 is 0 Å². The van der Waals surface area contributed by atoms with Crippen LogP contribution in [-0.4, -0.2) is 23.0 Å². The van der Waals surface area contributed by atoms with Gasteiger partial charge in [-0.2, -0.15) is 0 Å². The van der Waals surface area contributed by atoms with Crippen molar-refractivity contribution in [3.8, 4) is 0 Å². The Morgan fingerprint density at radius 1 is 1.25 bits per heavy atom. The van der Waals surface area contributed by atoms with E-state index in [0.29, 0.717) is 31.0 Å². The van der Waals surface area contributed by atoms with E-state index in [-0.39, 0.29) is 0 Å². The lowest BCUT2D eigenvalue weighted by Crippen LogP contribution is -2.13. The van der Waals surface area contributed by atoms with E-state index < -0.39 is 5.97 Å². The highest BCUT2D eigenvalue weighted by Crippen LogP contribution is 2.19. The molecular weight excluding hydrogens is 254 g/mol. The molecule has 20 heavy (non-hydrogen) atoms. The molecule has 2 heterocycles. The minimum absolute atomic E-state index is 0.383. The summed E-state index contributed by atoms with van der Waals surface area (Å²) in [5.41, 5.74) is 3.25. The Labute approximate surface area is 117 Å². The largest absolute Gasteiger partial charge is 0.464 e. The van der Waals surface area contributed by atoms with Gasteiger partial charge in [-0.05, 0) is 5.56 Å². The van der Waals surface area contributed by atoms with Crippen molar-refractivity contribution in [2.45, 2.75) is 19.5 Å². The van der Waals surface area contributed by atoms with E-state index in [1.54, 1.807) is 0 Å². The molecule has 0 saturated heterocycles. The number of rotatable bonds is 3. The Kier molecular flexibility index (Phi) is 3.43. The molecule has 0 aliphatic carbocycles. The van der Waals surface area contributed by atoms with Crippen molar-refractivity contribution < 1.29 is 9.53 Å². The van der Waals surface area contributed by atoms with Crippen LogP contribution in [0, 0.1) is 0 Å². The number of fused-ring (bicyclic) bond motifs is 1. The molecule has 0 radical (unpaired) electrons. The second-order valence-electron chi connectivity index (χ2n) is 4.67. The zero-order chi connectivity index (χ0) is 13.9. The molecule has 1 aliphatic rings. The Morgan fingerprint density at radius 2 is 2.05 bits per heavy atom. The lowest BCUT2D eigenvalue weighted by molar-refractivity contribution is 0.0592. The van der Waals surface area contributed by atoms with Crippen LogP contribution in [0.25, 0.3) is 0 Å². The Morgan fingerprint density at radius 3 is 2.80 bits per heavy atom. The number of nitrogens with zero attached hydrogens (tertiary/aromatic N) is 2. The number of ether oxygens (including phenoxy) is 1. The monoisotopic (exact) mass is 269 g/mol. The highest BCUT2D eigenvalue weighted by atomic mass is 16.5. The molecule has 1 aromatic carbocycles. The van der Waals surface area contributed by atoms with Crippen molar-refractivity contribution in [3.05, 3.63) is 58.7 Å². The number of hydrogen-bond donors (Lipinski definition) is 1. The molecule has 0 fully saturated rings. The predicted molar refractivity (Wildman–Crippen MR) is 73.2 cm³/mol. The molecule has 5 heteroatoms. The van der Waals surface area contributed by atoms with Gasteiger partial charge in [0.2, 0.25) is 0 Å². The molecule has 3 rings (SSSR count). The van der Waals surface area contributed by atoms with Gasteiger partial charge in [0.05, 0.1) is 12.8 Å². The summed E-state index contributed by atoms with van der Waals surface area (Å²) in [6.45, 7) is 1.29. The summed E-state index contributed by atoms with van der Waals surface area (Å²) in [6.07, 6.45) is 0.609. The van der Waals surface area contributed by atoms with E-state index in [2.05, 4.69) is 15.3 Å². The lowest BCUT2D eigenvalue weighted by Gasteiger charge is -2.08. The third-order valence-corrected chi connectivity index (χ3v) is 3.32. The number of nitrogens with one attached hydrogen (secondary N) is 1.